The molecule has 0 bridgehead atoms. The van der Waals surface area contributed by atoms with Gasteiger partial charge in [0.25, 0.3) is 0 Å². The average molecular weight is 394 g/mol. The molecule has 0 unspecified atom stereocenters. The molecule has 0 amide bonds. The summed E-state index contributed by atoms with van der Waals surface area (Å²) in [5.74, 6) is 0.954. The lowest BCUT2D eigenvalue weighted by atomic mass is 10.3. The summed E-state index contributed by atoms with van der Waals surface area (Å²) in [6, 6.07) is 12.3. The van der Waals surface area contributed by atoms with E-state index in [1.54, 1.807) is 24.3 Å². The summed E-state index contributed by atoms with van der Waals surface area (Å²) in [6.07, 6.45) is 0. The number of benzene rings is 2. The van der Waals surface area contributed by atoms with Crippen molar-refractivity contribution in [3.05, 3.63) is 53.6 Å². The van der Waals surface area contributed by atoms with Crippen LogP contribution in [-0.2, 0) is 9.13 Å². The Morgan fingerprint density at radius 3 is 1.67 bits per heavy atom. The highest BCUT2D eigenvalue weighted by Crippen LogP contribution is 2.59. The van der Waals surface area contributed by atoms with Gasteiger partial charge in [-0.05, 0) is 48.5 Å². The van der Waals surface area contributed by atoms with Gasteiger partial charge in [-0.1, -0.05) is 11.6 Å². The maximum atomic E-state index is 11.2. The maximum absolute atomic E-state index is 11.2. The Kier molecular flexibility index (Phi) is 5.73. The zero-order chi connectivity index (χ0) is 18.0. The Morgan fingerprint density at radius 2 is 1.25 bits per heavy atom. The van der Waals surface area contributed by atoms with Crippen LogP contribution in [0.15, 0.2) is 48.5 Å². The first-order chi connectivity index (χ1) is 11.1. The molecule has 0 spiro atoms. The van der Waals surface area contributed by atoms with Crippen LogP contribution in [0.1, 0.15) is 0 Å². The summed E-state index contributed by atoms with van der Waals surface area (Å²) in [5, 5.41) is 2.72. The second kappa shape index (κ2) is 7.25. The number of rotatable bonds is 6. The van der Waals surface area contributed by atoms with Gasteiger partial charge in [-0.3, -0.25) is 9.13 Å². The summed E-state index contributed by atoms with van der Waals surface area (Å²) in [7, 11) is -10.1. The van der Waals surface area contributed by atoms with Gasteiger partial charge in [-0.15, -0.1) is 0 Å². The number of anilines is 1. The van der Waals surface area contributed by atoms with Crippen molar-refractivity contribution in [2.45, 2.75) is 5.52 Å². The first kappa shape index (κ1) is 19.0. The summed E-state index contributed by atoms with van der Waals surface area (Å²) >= 11 is 5.77. The zero-order valence-electron chi connectivity index (χ0n) is 12.0. The van der Waals surface area contributed by atoms with E-state index < -0.39 is 20.7 Å². The number of nitrogens with one attached hydrogen (secondary N) is 1. The Hall–Kier alpha value is -1.37. The Balaban J connectivity index is 2.12. The fourth-order valence-corrected chi connectivity index (χ4v) is 4.10. The molecule has 0 fully saturated rings. The van der Waals surface area contributed by atoms with Gasteiger partial charge < -0.3 is 29.6 Å². The molecule has 11 heteroatoms. The first-order valence-corrected chi connectivity index (χ1v) is 10.2. The molecule has 2 rings (SSSR count). The van der Waals surface area contributed by atoms with E-state index in [1.165, 1.54) is 24.3 Å². The van der Waals surface area contributed by atoms with Crippen molar-refractivity contribution in [2.75, 3.05) is 5.32 Å². The standard InChI is InChI=1S/C13H14ClNO7P2/c14-9-1-5-11(6-2-9)22-12-7-3-10(4-8-12)15-13(23(16,17)18)24(19,20)21/h1-8,13,15H,(H2,16,17,18)(H2,19,20,21). The molecule has 2 aromatic rings. The van der Waals surface area contributed by atoms with Crippen LogP contribution in [0.25, 0.3) is 0 Å². The minimum Gasteiger partial charge on any atom is -0.457 e. The van der Waals surface area contributed by atoms with Crippen molar-refractivity contribution >= 4 is 32.5 Å². The molecule has 2 aromatic carbocycles. The van der Waals surface area contributed by atoms with Gasteiger partial charge in [0.05, 0.1) is 0 Å². The van der Waals surface area contributed by atoms with Crippen LogP contribution in [0.3, 0.4) is 0 Å². The molecule has 0 aliphatic heterocycles. The van der Waals surface area contributed by atoms with Gasteiger partial charge in [0, 0.05) is 10.7 Å². The highest BCUT2D eigenvalue weighted by molar-refractivity contribution is 7.71. The van der Waals surface area contributed by atoms with E-state index in [2.05, 4.69) is 5.32 Å². The molecule has 0 saturated carbocycles. The SMILES string of the molecule is O=P(O)(O)C(Nc1ccc(Oc2ccc(Cl)cc2)cc1)P(=O)(O)O. The molecule has 0 atom stereocenters. The van der Waals surface area contributed by atoms with Crippen molar-refractivity contribution in [3.8, 4) is 11.5 Å². The minimum atomic E-state index is -5.05. The van der Waals surface area contributed by atoms with Crippen LogP contribution in [0.2, 0.25) is 5.02 Å². The molecular formula is C13H14ClNO7P2. The van der Waals surface area contributed by atoms with E-state index in [1.807, 2.05) is 0 Å². The largest absolute Gasteiger partial charge is 0.457 e. The fourth-order valence-electron chi connectivity index (χ4n) is 1.77. The van der Waals surface area contributed by atoms with E-state index in [-0.39, 0.29) is 5.69 Å². The Bertz CT molecular complexity index is 763. The number of ether oxygens (including phenoxy) is 1. The lowest BCUT2D eigenvalue weighted by Gasteiger charge is -2.21. The van der Waals surface area contributed by atoms with Gasteiger partial charge in [-0.2, -0.15) is 0 Å². The van der Waals surface area contributed by atoms with Gasteiger partial charge >= 0.3 is 15.2 Å². The lowest BCUT2D eigenvalue weighted by molar-refractivity contribution is 0.343. The predicted octanol–water partition coefficient (Wildman–Crippen LogP) is 3.18. The predicted molar refractivity (Wildman–Crippen MR) is 89.5 cm³/mol. The molecule has 0 heterocycles. The third-order valence-corrected chi connectivity index (χ3v) is 6.43. The van der Waals surface area contributed by atoms with E-state index in [0.717, 1.165) is 0 Å². The van der Waals surface area contributed by atoms with Gasteiger partial charge in [0.2, 0.25) is 5.52 Å². The molecule has 130 valence electrons. The molecule has 0 aromatic heterocycles. The highest BCUT2D eigenvalue weighted by Gasteiger charge is 2.43. The number of hydrogen-bond donors (Lipinski definition) is 5. The van der Waals surface area contributed by atoms with E-state index in [9.17, 15) is 9.13 Å². The quantitative estimate of drug-likeness (QED) is 0.472. The van der Waals surface area contributed by atoms with Gasteiger partial charge in [-0.25, -0.2) is 0 Å². The average Bonchev–Trinajstić information content (AvgIpc) is 2.46. The van der Waals surface area contributed by atoms with Gasteiger partial charge in [0.15, 0.2) is 0 Å². The number of halogens is 1. The molecule has 0 saturated heterocycles. The molecule has 0 aliphatic carbocycles. The Morgan fingerprint density at radius 1 is 0.833 bits per heavy atom. The zero-order valence-corrected chi connectivity index (χ0v) is 14.5. The van der Waals surface area contributed by atoms with Crippen LogP contribution in [0.4, 0.5) is 5.69 Å². The Labute approximate surface area is 142 Å². The molecule has 8 nitrogen and oxygen atoms in total. The second-order valence-corrected chi connectivity index (χ2v) is 9.01. The van der Waals surface area contributed by atoms with Crippen LogP contribution < -0.4 is 10.1 Å². The molecule has 0 aliphatic rings. The summed E-state index contributed by atoms with van der Waals surface area (Å²) in [4.78, 5) is 36.3. The van der Waals surface area contributed by atoms with Crippen molar-refractivity contribution in [2.24, 2.45) is 0 Å². The maximum Gasteiger partial charge on any atom is 0.360 e. The van der Waals surface area contributed by atoms with Crippen LogP contribution in [-0.4, -0.2) is 25.1 Å². The van der Waals surface area contributed by atoms with Crippen LogP contribution in [0.5, 0.6) is 11.5 Å². The van der Waals surface area contributed by atoms with Crippen LogP contribution in [0, 0.1) is 0 Å². The highest BCUT2D eigenvalue weighted by atomic mass is 35.5. The van der Waals surface area contributed by atoms with Crippen LogP contribution >= 0.6 is 26.8 Å². The van der Waals surface area contributed by atoms with Crippen molar-refractivity contribution < 1.29 is 33.4 Å². The molecule has 0 radical (unpaired) electrons. The second-order valence-electron chi connectivity index (χ2n) is 4.78. The minimum absolute atomic E-state index is 0.120. The third kappa shape index (κ3) is 5.33. The van der Waals surface area contributed by atoms with Crippen molar-refractivity contribution in [1.82, 2.24) is 0 Å². The van der Waals surface area contributed by atoms with Gasteiger partial charge in [0.1, 0.15) is 11.5 Å². The molecule has 5 N–H and O–H groups in total. The van der Waals surface area contributed by atoms with Crippen molar-refractivity contribution in [1.29, 1.82) is 0 Å². The lowest BCUT2D eigenvalue weighted by Crippen LogP contribution is -2.19. The van der Waals surface area contributed by atoms with E-state index in [0.29, 0.717) is 16.5 Å². The number of hydrogen-bond acceptors (Lipinski definition) is 4. The monoisotopic (exact) mass is 393 g/mol. The fraction of sp³-hybridized carbons (Fsp3) is 0.0769. The summed E-state index contributed by atoms with van der Waals surface area (Å²) < 4.78 is 28.0. The normalized spacial score (nSPS) is 12.2. The molecule has 24 heavy (non-hydrogen) atoms. The first-order valence-electron chi connectivity index (χ1n) is 6.46. The summed E-state index contributed by atoms with van der Waals surface area (Å²) in [6.45, 7) is 0. The topological polar surface area (TPSA) is 136 Å². The summed E-state index contributed by atoms with van der Waals surface area (Å²) in [5.41, 5.74) is -2.19. The smallest absolute Gasteiger partial charge is 0.360 e. The molecular weight excluding hydrogens is 380 g/mol. The van der Waals surface area contributed by atoms with E-state index in [4.69, 9.17) is 35.9 Å². The van der Waals surface area contributed by atoms with Crippen molar-refractivity contribution in [3.63, 3.8) is 0 Å². The van der Waals surface area contributed by atoms with E-state index >= 15 is 0 Å². The third-order valence-electron chi connectivity index (χ3n) is 2.84.